The number of fused-ring (bicyclic) bond motifs is 2. The highest BCUT2D eigenvalue weighted by molar-refractivity contribution is 6.31. The number of likely N-dealkylation sites (tertiary alicyclic amines) is 1. The Labute approximate surface area is 191 Å². The molecule has 2 aliphatic heterocycles. The number of aromatic amines is 1. The van der Waals surface area contributed by atoms with Crippen molar-refractivity contribution in [3.63, 3.8) is 0 Å². The number of carbonyl (C=O) groups excluding carboxylic acids is 2. The molecule has 166 valence electrons. The van der Waals surface area contributed by atoms with Gasteiger partial charge in [0.15, 0.2) is 6.23 Å². The van der Waals surface area contributed by atoms with Gasteiger partial charge in [-0.1, -0.05) is 23.7 Å². The maximum Gasteiger partial charge on any atom is 0.270 e. The highest BCUT2D eigenvalue weighted by Gasteiger charge is 2.33. The van der Waals surface area contributed by atoms with Gasteiger partial charge < -0.3 is 25.3 Å². The number of hydrogen-bond acceptors (Lipinski definition) is 4. The lowest BCUT2D eigenvalue weighted by molar-refractivity contribution is -0.133. The van der Waals surface area contributed by atoms with E-state index in [0.717, 1.165) is 48.9 Å². The minimum Gasteiger partial charge on any atom is -0.468 e. The second-order valence-electron chi connectivity index (χ2n) is 8.31. The molecule has 32 heavy (non-hydrogen) atoms. The van der Waals surface area contributed by atoms with E-state index in [1.54, 1.807) is 18.2 Å². The van der Waals surface area contributed by atoms with Gasteiger partial charge in [0.05, 0.1) is 5.69 Å². The third-order valence-electron chi connectivity index (χ3n) is 6.02. The van der Waals surface area contributed by atoms with Crippen molar-refractivity contribution in [2.24, 2.45) is 0 Å². The largest absolute Gasteiger partial charge is 0.468 e. The van der Waals surface area contributed by atoms with Crippen LogP contribution in [0.1, 0.15) is 36.2 Å². The summed E-state index contributed by atoms with van der Waals surface area (Å²) in [6, 6.07) is 14.2. The molecule has 0 saturated carbocycles. The Morgan fingerprint density at radius 1 is 1.06 bits per heavy atom. The molecule has 5 rings (SSSR count). The van der Waals surface area contributed by atoms with Crippen LogP contribution in [0, 0.1) is 0 Å². The molecule has 1 aromatic heterocycles. The fraction of sp³-hybridized carbons (Fsp3) is 0.333. The van der Waals surface area contributed by atoms with Crippen molar-refractivity contribution in [2.75, 3.05) is 18.4 Å². The van der Waals surface area contributed by atoms with Crippen LogP contribution in [0.3, 0.4) is 0 Å². The van der Waals surface area contributed by atoms with Crippen molar-refractivity contribution in [3.05, 3.63) is 59.2 Å². The van der Waals surface area contributed by atoms with Crippen LogP contribution in [0.15, 0.2) is 48.5 Å². The average Bonchev–Trinajstić information content (AvgIpc) is 3.14. The zero-order valence-corrected chi connectivity index (χ0v) is 18.3. The summed E-state index contributed by atoms with van der Waals surface area (Å²) in [5, 5.41) is 7.75. The lowest BCUT2D eigenvalue weighted by atomic mass is 10.1. The number of piperidine rings is 1. The number of ether oxygens (including phenoxy) is 1. The SMILES string of the molecule is O=C(NC1CC(C(=O)N2CCCCC2)Nc2ccccc2O1)c1cc2cc(Cl)ccc2[nH]1. The van der Waals surface area contributed by atoms with Crippen LogP contribution in [-0.2, 0) is 4.79 Å². The van der Waals surface area contributed by atoms with Gasteiger partial charge in [-0.2, -0.15) is 0 Å². The molecule has 0 aliphatic carbocycles. The zero-order chi connectivity index (χ0) is 22.1. The first kappa shape index (κ1) is 20.7. The normalized spacial score (nSPS) is 20.6. The van der Waals surface area contributed by atoms with Crippen LogP contribution in [0.2, 0.25) is 5.02 Å². The van der Waals surface area contributed by atoms with E-state index < -0.39 is 12.3 Å². The van der Waals surface area contributed by atoms with Crippen molar-refractivity contribution in [2.45, 2.75) is 38.0 Å². The van der Waals surface area contributed by atoms with Gasteiger partial charge in [0.25, 0.3) is 5.91 Å². The Balaban J connectivity index is 1.37. The fourth-order valence-electron chi connectivity index (χ4n) is 4.39. The van der Waals surface area contributed by atoms with E-state index in [9.17, 15) is 9.59 Å². The number of amides is 2. The van der Waals surface area contributed by atoms with E-state index in [4.69, 9.17) is 16.3 Å². The number of carbonyl (C=O) groups is 2. The Kier molecular flexibility index (Phi) is 5.66. The summed E-state index contributed by atoms with van der Waals surface area (Å²) in [6.07, 6.45) is 2.86. The van der Waals surface area contributed by atoms with Crippen LogP contribution in [0.25, 0.3) is 10.9 Å². The first-order valence-corrected chi connectivity index (χ1v) is 11.3. The molecule has 0 radical (unpaired) electrons. The van der Waals surface area contributed by atoms with Crippen LogP contribution in [0.4, 0.5) is 5.69 Å². The molecule has 1 saturated heterocycles. The number of anilines is 1. The van der Waals surface area contributed by atoms with Crippen LogP contribution in [0.5, 0.6) is 5.75 Å². The Bertz CT molecular complexity index is 1160. The predicted octanol–water partition coefficient (Wildman–Crippen LogP) is 4.15. The fourth-order valence-corrected chi connectivity index (χ4v) is 4.57. The summed E-state index contributed by atoms with van der Waals surface area (Å²) in [4.78, 5) is 31.3. The molecule has 2 atom stereocenters. The second-order valence-corrected chi connectivity index (χ2v) is 8.75. The number of halogens is 1. The quantitative estimate of drug-likeness (QED) is 0.557. The molecule has 3 heterocycles. The maximum atomic E-state index is 13.2. The number of H-pyrrole nitrogens is 1. The van der Waals surface area contributed by atoms with Crippen LogP contribution >= 0.6 is 11.6 Å². The summed E-state index contributed by atoms with van der Waals surface area (Å²) < 4.78 is 6.11. The van der Waals surface area contributed by atoms with Gasteiger partial charge in [0.2, 0.25) is 5.91 Å². The Morgan fingerprint density at radius 3 is 2.72 bits per heavy atom. The smallest absolute Gasteiger partial charge is 0.270 e. The van der Waals surface area contributed by atoms with E-state index in [-0.39, 0.29) is 11.8 Å². The van der Waals surface area contributed by atoms with Gasteiger partial charge in [0.1, 0.15) is 17.5 Å². The molecule has 2 aliphatic rings. The molecule has 2 aromatic carbocycles. The van der Waals surface area contributed by atoms with Crippen molar-refractivity contribution in [1.82, 2.24) is 15.2 Å². The standard InChI is InChI=1S/C24H25ClN4O3/c25-16-8-9-17-15(12-16)13-19(26-17)23(30)28-22-14-20(24(31)29-10-4-1-5-11-29)27-18-6-2-3-7-21(18)32-22/h2-3,6-9,12-13,20,22,26-27H,1,4-5,10-11,14H2,(H,28,30). The van der Waals surface area contributed by atoms with Gasteiger partial charge in [-0.15, -0.1) is 0 Å². The van der Waals surface area contributed by atoms with Gasteiger partial charge in [-0.05, 0) is 55.7 Å². The Morgan fingerprint density at radius 2 is 1.88 bits per heavy atom. The molecular formula is C24H25ClN4O3. The van der Waals surface area contributed by atoms with E-state index >= 15 is 0 Å². The average molecular weight is 453 g/mol. The van der Waals surface area contributed by atoms with E-state index in [1.807, 2.05) is 35.2 Å². The number of rotatable bonds is 3. The maximum absolute atomic E-state index is 13.2. The molecule has 2 amide bonds. The van der Waals surface area contributed by atoms with Crippen molar-refractivity contribution >= 4 is 40.0 Å². The number of hydrogen-bond donors (Lipinski definition) is 3. The molecule has 3 aromatic rings. The number of para-hydroxylation sites is 2. The molecule has 0 spiro atoms. The molecule has 7 nitrogen and oxygen atoms in total. The van der Waals surface area contributed by atoms with Gasteiger partial charge in [-0.25, -0.2) is 0 Å². The lowest BCUT2D eigenvalue weighted by Gasteiger charge is -2.31. The van der Waals surface area contributed by atoms with E-state index in [0.29, 0.717) is 22.9 Å². The summed E-state index contributed by atoms with van der Waals surface area (Å²) in [5.41, 5.74) is 1.99. The van der Waals surface area contributed by atoms with E-state index in [2.05, 4.69) is 15.6 Å². The first-order valence-electron chi connectivity index (χ1n) is 11.0. The first-order chi connectivity index (χ1) is 15.6. The van der Waals surface area contributed by atoms with Crippen molar-refractivity contribution in [3.8, 4) is 5.75 Å². The molecule has 8 heteroatoms. The molecular weight excluding hydrogens is 428 g/mol. The van der Waals surface area contributed by atoms with Crippen LogP contribution < -0.4 is 15.4 Å². The number of nitrogens with zero attached hydrogens (tertiary/aromatic N) is 1. The minimum absolute atomic E-state index is 0.0458. The second kappa shape index (κ2) is 8.74. The summed E-state index contributed by atoms with van der Waals surface area (Å²) >= 11 is 6.06. The topological polar surface area (TPSA) is 86.5 Å². The predicted molar refractivity (Wildman–Crippen MR) is 124 cm³/mol. The molecule has 0 bridgehead atoms. The van der Waals surface area contributed by atoms with Gasteiger partial charge in [0, 0.05) is 35.4 Å². The zero-order valence-electron chi connectivity index (χ0n) is 17.6. The van der Waals surface area contributed by atoms with E-state index in [1.165, 1.54) is 0 Å². The van der Waals surface area contributed by atoms with Gasteiger partial charge in [-0.3, -0.25) is 9.59 Å². The van der Waals surface area contributed by atoms with Crippen molar-refractivity contribution < 1.29 is 14.3 Å². The van der Waals surface area contributed by atoms with Crippen molar-refractivity contribution in [1.29, 1.82) is 0 Å². The summed E-state index contributed by atoms with van der Waals surface area (Å²) in [7, 11) is 0. The lowest BCUT2D eigenvalue weighted by Crippen LogP contribution is -2.49. The monoisotopic (exact) mass is 452 g/mol. The highest BCUT2D eigenvalue weighted by Crippen LogP contribution is 2.30. The van der Waals surface area contributed by atoms with Gasteiger partial charge >= 0.3 is 0 Å². The minimum atomic E-state index is -0.660. The number of nitrogens with one attached hydrogen (secondary N) is 3. The Hall–Kier alpha value is -3.19. The van der Waals surface area contributed by atoms with Crippen LogP contribution in [-0.4, -0.2) is 47.1 Å². The molecule has 1 fully saturated rings. The number of aromatic nitrogens is 1. The highest BCUT2D eigenvalue weighted by atomic mass is 35.5. The third-order valence-corrected chi connectivity index (χ3v) is 6.26. The summed E-state index contributed by atoms with van der Waals surface area (Å²) in [5.74, 6) is 0.352. The number of benzene rings is 2. The molecule has 2 unspecified atom stereocenters. The molecule has 3 N–H and O–H groups in total. The third kappa shape index (κ3) is 4.25. The summed E-state index contributed by atoms with van der Waals surface area (Å²) in [6.45, 7) is 1.54.